The van der Waals surface area contributed by atoms with Crippen LogP contribution >= 0.6 is 0 Å². The topological polar surface area (TPSA) is 127 Å². The van der Waals surface area contributed by atoms with E-state index in [9.17, 15) is 8.42 Å². The van der Waals surface area contributed by atoms with Crippen LogP contribution in [0.5, 0.6) is 0 Å². The van der Waals surface area contributed by atoms with Crippen LogP contribution in [0.1, 0.15) is 5.69 Å². The molecule has 0 saturated heterocycles. The number of rotatable bonds is 4. The van der Waals surface area contributed by atoms with E-state index in [1.54, 1.807) is 24.4 Å². The highest BCUT2D eigenvalue weighted by Crippen LogP contribution is 2.25. The molecule has 0 spiro atoms. The van der Waals surface area contributed by atoms with Gasteiger partial charge in [-0.2, -0.15) is 5.10 Å². The molecule has 1 heterocycles. The van der Waals surface area contributed by atoms with Crippen LogP contribution < -0.4 is 16.2 Å². The Morgan fingerprint density at radius 1 is 1.33 bits per heavy atom. The summed E-state index contributed by atoms with van der Waals surface area (Å²) in [6.45, 7) is 0.457. The minimum Gasteiger partial charge on any atom is -0.396 e. The molecular weight excluding hydrogens is 254 g/mol. The maximum atomic E-state index is 11.3. The largest absolute Gasteiger partial charge is 0.396 e. The lowest BCUT2D eigenvalue weighted by molar-refractivity contribution is 0.598. The van der Waals surface area contributed by atoms with E-state index >= 15 is 0 Å². The van der Waals surface area contributed by atoms with Crippen molar-refractivity contribution in [2.45, 2.75) is 11.4 Å². The average Bonchev–Trinajstić information content (AvgIpc) is 2.79. The lowest BCUT2D eigenvalue weighted by Gasteiger charge is -2.11. The van der Waals surface area contributed by atoms with Gasteiger partial charge in [0.1, 0.15) is 4.90 Å². The second kappa shape index (κ2) is 4.67. The molecule has 18 heavy (non-hydrogen) atoms. The van der Waals surface area contributed by atoms with Crippen molar-refractivity contribution in [1.29, 1.82) is 0 Å². The fourth-order valence-electron chi connectivity index (χ4n) is 1.52. The van der Waals surface area contributed by atoms with Crippen LogP contribution in [-0.4, -0.2) is 18.6 Å². The summed E-state index contributed by atoms with van der Waals surface area (Å²) >= 11 is 0. The number of nitrogens with two attached hydrogens (primary N) is 2. The van der Waals surface area contributed by atoms with Crippen LogP contribution in [0.3, 0.4) is 0 Å². The van der Waals surface area contributed by atoms with Crippen molar-refractivity contribution in [3.05, 3.63) is 36.2 Å². The van der Waals surface area contributed by atoms with Gasteiger partial charge in [-0.05, 0) is 18.2 Å². The van der Waals surface area contributed by atoms with Gasteiger partial charge in [0.15, 0.2) is 0 Å². The van der Waals surface area contributed by atoms with E-state index in [0.717, 1.165) is 5.69 Å². The molecule has 6 N–H and O–H groups in total. The molecule has 96 valence electrons. The van der Waals surface area contributed by atoms with E-state index in [-0.39, 0.29) is 10.6 Å². The first-order valence-electron chi connectivity index (χ1n) is 5.12. The predicted molar refractivity (Wildman–Crippen MR) is 68.1 cm³/mol. The third-order valence-electron chi connectivity index (χ3n) is 2.40. The van der Waals surface area contributed by atoms with Crippen molar-refractivity contribution in [3.63, 3.8) is 0 Å². The van der Waals surface area contributed by atoms with Crippen LogP contribution in [-0.2, 0) is 16.6 Å². The minimum absolute atomic E-state index is 0.0860. The second-order valence-corrected chi connectivity index (χ2v) is 5.23. The molecule has 0 aliphatic carbocycles. The fraction of sp³-hybridized carbons (Fsp3) is 0.100. The van der Waals surface area contributed by atoms with Gasteiger partial charge in [0.25, 0.3) is 0 Å². The molecule has 0 unspecified atom stereocenters. The molecule has 0 aliphatic rings. The number of benzene rings is 1. The van der Waals surface area contributed by atoms with Crippen molar-refractivity contribution >= 4 is 21.4 Å². The number of hydrogen-bond donors (Lipinski definition) is 4. The van der Waals surface area contributed by atoms with Crippen LogP contribution in [0.4, 0.5) is 11.4 Å². The van der Waals surface area contributed by atoms with Gasteiger partial charge in [0, 0.05) is 6.20 Å². The summed E-state index contributed by atoms with van der Waals surface area (Å²) in [6.07, 6.45) is 1.63. The predicted octanol–water partition coefficient (Wildman–Crippen LogP) is 0.251. The summed E-state index contributed by atoms with van der Waals surface area (Å²) in [4.78, 5) is -0.0860. The Morgan fingerprint density at radius 3 is 2.72 bits per heavy atom. The maximum absolute atomic E-state index is 11.3. The SMILES string of the molecule is Nc1c(NCc2ccn[nH]2)cccc1S(N)(=O)=O. The smallest absolute Gasteiger partial charge is 0.240 e. The number of nitrogen functional groups attached to an aromatic ring is 1. The number of aromatic amines is 1. The molecule has 0 fully saturated rings. The number of primary sulfonamides is 1. The summed E-state index contributed by atoms with van der Waals surface area (Å²) in [5.74, 6) is 0. The van der Waals surface area contributed by atoms with Crippen LogP contribution in [0.15, 0.2) is 35.4 Å². The molecule has 0 radical (unpaired) electrons. The monoisotopic (exact) mass is 267 g/mol. The molecule has 8 heteroatoms. The summed E-state index contributed by atoms with van der Waals surface area (Å²) in [6, 6.07) is 6.42. The van der Waals surface area contributed by atoms with E-state index in [1.807, 2.05) is 0 Å². The quantitative estimate of drug-likeness (QED) is 0.590. The Kier molecular flexibility index (Phi) is 3.21. The Hall–Kier alpha value is -2.06. The highest BCUT2D eigenvalue weighted by Gasteiger charge is 2.14. The normalized spacial score (nSPS) is 11.4. The highest BCUT2D eigenvalue weighted by atomic mass is 32.2. The summed E-state index contributed by atoms with van der Waals surface area (Å²) < 4.78 is 22.6. The van der Waals surface area contributed by atoms with E-state index in [1.165, 1.54) is 6.07 Å². The molecule has 7 nitrogen and oxygen atoms in total. The Morgan fingerprint density at radius 2 is 2.11 bits per heavy atom. The van der Waals surface area contributed by atoms with Crippen molar-refractivity contribution in [2.75, 3.05) is 11.1 Å². The molecule has 0 atom stereocenters. The first-order valence-corrected chi connectivity index (χ1v) is 6.66. The average molecular weight is 267 g/mol. The zero-order valence-electron chi connectivity index (χ0n) is 9.42. The first kappa shape index (κ1) is 12.4. The molecule has 0 saturated carbocycles. The number of sulfonamides is 1. The molecule has 2 aromatic rings. The Balaban J connectivity index is 2.24. The molecule has 0 bridgehead atoms. The fourth-order valence-corrected chi connectivity index (χ4v) is 2.20. The number of nitrogens with one attached hydrogen (secondary N) is 2. The highest BCUT2D eigenvalue weighted by molar-refractivity contribution is 7.89. The first-order chi connectivity index (χ1) is 8.48. The lowest BCUT2D eigenvalue weighted by atomic mass is 10.2. The number of para-hydroxylation sites is 1. The second-order valence-electron chi connectivity index (χ2n) is 3.70. The zero-order chi connectivity index (χ0) is 13.2. The summed E-state index contributed by atoms with van der Waals surface area (Å²) in [5, 5.41) is 14.7. The number of hydrogen-bond acceptors (Lipinski definition) is 5. The van der Waals surface area contributed by atoms with Gasteiger partial charge >= 0.3 is 0 Å². The van der Waals surface area contributed by atoms with Crippen LogP contribution in [0, 0.1) is 0 Å². The maximum Gasteiger partial charge on any atom is 0.240 e. The van der Waals surface area contributed by atoms with Gasteiger partial charge in [-0.3, -0.25) is 5.10 Å². The lowest BCUT2D eigenvalue weighted by Crippen LogP contribution is -2.15. The number of anilines is 2. The van der Waals surface area contributed by atoms with Crippen LogP contribution in [0.25, 0.3) is 0 Å². The number of nitrogens with zero attached hydrogens (tertiary/aromatic N) is 1. The van der Waals surface area contributed by atoms with E-state index in [2.05, 4.69) is 15.5 Å². The third kappa shape index (κ3) is 2.60. The molecule has 2 rings (SSSR count). The van der Waals surface area contributed by atoms with Crippen molar-refractivity contribution < 1.29 is 8.42 Å². The van der Waals surface area contributed by atoms with Crippen molar-refractivity contribution in [3.8, 4) is 0 Å². The molecule has 0 amide bonds. The van der Waals surface area contributed by atoms with Crippen LogP contribution in [0.2, 0.25) is 0 Å². The number of H-pyrrole nitrogens is 1. The number of aromatic nitrogens is 2. The van der Waals surface area contributed by atoms with Gasteiger partial charge in [-0.25, -0.2) is 13.6 Å². The summed E-state index contributed by atoms with van der Waals surface area (Å²) in [7, 11) is -3.81. The molecular formula is C10H13N5O2S. The Labute approximate surface area is 104 Å². The zero-order valence-corrected chi connectivity index (χ0v) is 10.2. The molecule has 1 aromatic heterocycles. The van der Waals surface area contributed by atoms with E-state index < -0.39 is 10.0 Å². The van der Waals surface area contributed by atoms with Gasteiger partial charge in [0.05, 0.1) is 23.6 Å². The Bertz CT molecular complexity index is 636. The summed E-state index contributed by atoms with van der Waals surface area (Å²) in [5.41, 5.74) is 7.24. The third-order valence-corrected chi connectivity index (χ3v) is 3.37. The van der Waals surface area contributed by atoms with Gasteiger partial charge in [0.2, 0.25) is 10.0 Å². The van der Waals surface area contributed by atoms with E-state index in [4.69, 9.17) is 10.9 Å². The molecule has 1 aromatic carbocycles. The standard InChI is InChI=1S/C10H13N5O2S/c11-10-8(13-6-7-4-5-14-15-7)2-1-3-9(10)18(12,16)17/h1-5,13H,6,11H2,(H,14,15)(H2,12,16,17). The van der Waals surface area contributed by atoms with E-state index in [0.29, 0.717) is 12.2 Å². The molecule has 0 aliphatic heterocycles. The van der Waals surface area contributed by atoms with Gasteiger partial charge in [-0.1, -0.05) is 6.07 Å². The van der Waals surface area contributed by atoms with Crippen molar-refractivity contribution in [2.24, 2.45) is 5.14 Å². The van der Waals surface area contributed by atoms with Crippen molar-refractivity contribution in [1.82, 2.24) is 10.2 Å². The van der Waals surface area contributed by atoms with Gasteiger partial charge in [-0.15, -0.1) is 0 Å². The van der Waals surface area contributed by atoms with Gasteiger partial charge < -0.3 is 11.1 Å². The minimum atomic E-state index is -3.81.